The lowest BCUT2D eigenvalue weighted by Crippen LogP contribution is -2.46. The molecule has 2 aliphatic rings. The summed E-state index contributed by atoms with van der Waals surface area (Å²) in [4.78, 5) is 14.7. The van der Waals surface area contributed by atoms with Crippen molar-refractivity contribution in [2.45, 2.75) is 50.7 Å². The molecule has 3 rings (SSSR count). The number of hydrogen-bond donors (Lipinski definition) is 2. The lowest BCUT2D eigenvalue weighted by molar-refractivity contribution is -0.130. The summed E-state index contributed by atoms with van der Waals surface area (Å²) in [5.41, 5.74) is 0.656. The summed E-state index contributed by atoms with van der Waals surface area (Å²) in [7, 11) is 0. The van der Waals surface area contributed by atoms with E-state index in [4.69, 9.17) is 0 Å². The van der Waals surface area contributed by atoms with Gasteiger partial charge in [0.25, 0.3) is 5.91 Å². The van der Waals surface area contributed by atoms with Crippen LogP contribution in [-0.2, 0) is 4.79 Å². The monoisotopic (exact) mass is 316 g/mol. The normalized spacial score (nSPS) is 22.1. The lowest BCUT2D eigenvalue weighted by atomic mass is 10.0. The van der Waals surface area contributed by atoms with Crippen molar-refractivity contribution in [2.24, 2.45) is 5.92 Å². The van der Waals surface area contributed by atoms with Gasteiger partial charge in [-0.15, -0.1) is 0 Å². The number of aliphatic hydroxyl groups is 1. The summed E-state index contributed by atoms with van der Waals surface area (Å²) >= 11 is 0. The standard InChI is InChI=1S/C19H28N2O2/c22-18(16-8-2-1-3-9-16)19(23)20-17-10-12-21(13-11-17)14-15-6-4-5-7-15/h1-3,8-9,15,17-18,22H,4-7,10-14H2,(H,20,23). The highest BCUT2D eigenvalue weighted by Gasteiger charge is 2.26. The van der Waals surface area contributed by atoms with Gasteiger partial charge in [0.05, 0.1) is 0 Å². The van der Waals surface area contributed by atoms with E-state index in [-0.39, 0.29) is 11.9 Å². The molecular weight excluding hydrogens is 288 g/mol. The van der Waals surface area contributed by atoms with Crippen molar-refractivity contribution < 1.29 is 9.90 Å². The van der Waals surface area contributed by atoms with Crippen LogP contribution >= 0.6 is 0 Å². The third kappa shape index (κ3) is 4.55. The van der Waals surface area contributed by atoms with Crippen LogP contribution in [0.1, 0.15) is 50.2 Å². The van der Waals surface area contributed by atoms with Gasteiger partial charge in [0, 0.05) is 25.7 Å². The first-order chi connectivity index (χ1) is 11.2. The predicted octanol–water partition coefficient (Wildman–Crippen LogP) is 2.49. The van der Waals surface area contributed by atoms with E-state index in [1.165, 1.54) is 32.2 Å². The number of hydrogen-bond acceptors (Lipinski definition) is 3. The third-order valence-electron chi connectivity index (χ3n) is 5.29. The molecule has 2 N–H and O–H groups in total. The maximum atomic E-state index is 12.2. The first kappa shape index (κ1) is 16.5. The summed E-state index contributed by atoms with van der Waals surface area (Å²) in [6.07, 6.45) is 6.48. The first-order valence-corrected chi connectivity index (χ1v) is 8.98. The molecule has 1 aliphatic heterocycles. The Morgan fingerprint density at radius 2 is 1.78 bits per heavy atom. The van der Waals surface area contributed by atoms with E-state index in [2.05, 4.69) is 10.2 Å². The van der Waals surface area contributed by atoms with Gasteiger partial charge in [-0.25, -0.2) is 0 Å². The molecule has 1 saturated heterocycles. The fourth-order valence-corrected chi connectivity index (χ4v) is 3.88. The van der Waals surface area contributed by atoms with Crippen LogP contribution in [0, 0.1) is 5.92 Å². The average Bonchev–Trinajstić information content (AvgIpc) is 3.10. The molecule has 1 aliphatic carbocycles. The van der Waals surface area contributed by atoms with Crippen molar-refractivity contribution in [3.05, 3.63) is 35.9 Å². The van der Waals surface area contributed by atoms with Crippen molar-refractivity contribution in [1.29, 1.82) is 0 Å². The number of piperidine rings is 1. The van der Waals surface area contributed by atoms with Gasteiger partial charge < -0.3 is 15.3 Å². The van der Waals surface area contributed by atoms with Gasteiger partial charge in [-0.3, -0.25) is 4.79 Å². The molecule has 1 atom stereocenters. The lowest BCUT2D eigenvalue weighted by Gasteiger charge is -2.34. The van der Waals surface area contributed by atoms with E-state index in [9.17, 15) is 9.90 Å². The first-order valence-electron chi connectivity index (χ1n) is 8.98. The van der Waals surface area contributed by atoms with Gasteiger partial charge >= 0.3 is 0 Å². The fraction of sp³-hybridized carbons (Fsp3) is 0.632. The van der Waals surface area contributed by atoms with E-state index in [0.717, 1.165) is 31.8 Å². The van der Waals surface area contributed by atoms with E-state index in [1.54, 1.807) is 12.1 Å². The Morgan fingerprint density at radius 3 is 2.43 bits per heavy atom. The highest BCUT2D eigenvalue weighted by molar-refractivity contribution is 5.82. The SMILES string of the molecule is O=C(NC1CCN(CC2CCCC2)CC1)C(O)c1ccccc1. The molecule has 0 radical (unpaired) electrons. The van der Waals surface area contributed by atoms with Crippen LogP contribution in [0.25, 0.3) is 0 Å². The second-order valence-corrected chi connectivity index (χ2v) is 7.05. The molecule has 1 amide bonds. The maximum Gasteiger partial charge on any atom is 0.253 e. The number of nitrogens with zero attached hydrogens (tertiary/aromatic N) is 1. The van der Waals surface area contributed by atoms with Crippen molar-refractivity contribution in [1.82, 2.24) is 10.2 Å². The number of carbonyl (C=O) groups excluding carboxylic acids is 1. The number of aliphatic hydroxyl groups excluding tert-OH is 1. The van der Waals surface area contributed by atoms with Crippen LogP contribution in [0.15, 0.2) is 30.3 Å². The molecule has 4 nitrogen and oxygen atoms in total. The fourth-order valence-electron chi connectivity index (χ4n) is 3.88. The second-order valence-electron chi connectivity index (χ2n) is 7.05. The largest absolute Gasteiger partial charge is 0.378 e. The number of rotatable bonds is 5. The Bertz CT molecular complexity index is 491. The van der Waals surface area contributed by atoms with E-state index in [1.807, 2.05) is 18.2 Å². The summed E-state index contributed by atoms with van der Waals surface area (Å²) in [5, 5.41) is 13.2. The zero-order chi connectivity index (χ0) is 16.1. The summed E-state index contributed by atoms with van der Waals surface area (Å²) in [5.74, 6) is 0.617. The maximum absolute atomic E-state index is 12.2. The predicted molar refractivity (Wildman–Crippen MR) is 91.0 cm³/mol. The molecule has 0 spiro atoms. The molecule has 0 bridgehead atoms. The Labute approximate surface area is 138 Å². The van der Waals surface area contributed by atoms with Crippen molar-refractivity contribution in [3.8, 4) is 0 Å². The van der Waals surface area contributed by atoms with E-state index in [0.29, 0.717) is 5.56 Å². The Morgan fingerprint density at radius 1 is 1.13 bits per heavy atom. The van der Waals surface area contributed by atoms with Crippen molar-refractivity contribution >= 4 is 5.91 Å². The van der Waals surface area contributed by atoms with Gasteiger partial charge in [-0.1, -0.05) is 43.2 Å². The van der Waals surface area contributed by atoms with Crippen LogP contribution < -0.4 is 5.32 Å². The zero-order valence-electron chi connectivity index (χ0n) is 13.8. The minimum Gasteiger partial charge on any atom is -0.378 e. The molecule has 0 aromatic heterocycles. The molecule has 1 aromatic rings. The van der Waals surface area contributed by atoms with Crippen molar-refractivity contribution in [2.75, 3.05) is 19.6 Å². The molecule has 1 aromatic carbocycles. The zero-order valence-corrected chi connectivity index (χ0v) is 13.8. The van der Waals surface area contributed by atoms with Gasteiger partial charge in [0.1, 0.15) is 0 Å². The third-order valence-corrected chi connectivity index (χ3v) is 5.29. The summed E-state index contributed by atoms with van der Waals surface area (Å²) in [6.45, 7) is 3.35. The second kappa shape index (κ2) is 7.93. The van der Waals surface area contributed by atoms with E-state index < -0.39 is 6.10 Å². The quantitative estimate of drug-likeness (QED) is 0.877. The topological polar surface area (TPSA) is 52.6 Å². The van der Waals surface area contributed by atoms with Gasteiger partial charge in [0.2, 0.25) is 0 Å². The van der Waals surface area contributed by atoms with Crippen molar-refractivity contribution in [3.63, 3.8) is 0 Å². The highest BCUT2D eigenvalue weighted by atomic mass is 16.3. The molecule has 2 fully saturated rings. The minimum absolute atomic E-state index is 0.195. The Kier molecular flexibility index (Phi) is 5.68. The van der Waals surface area contributed by atoms with Gasteiger partial charge in [-0.2, -0.15) is 0 Å². The number of likely N-dealkylation sites (tertiary alicyclic amines) is 1. The summed E-state index contributed by atoms with van der Waals surface area (Å²) in [6, 6.07) is 9.33. The minimum atomic E-state index is -1.06. The van der Waals surface area contributed by atoms with Crippen LogP contribution in [0.4, 0.5) is 0 Å². The molecular formula is C19H28N2O2. The van der Waals surface area contributed by atoms with E-state index >= 15 is 0 Å². The Hall–Kier alpha value is -1.39. The number of amides is 1. The molecule has 126 valence electrons. The van der Waals surface area contributed by atoms with Gasteiger partial charge in [-0.05, 0) is 37.2 Å². The average molecular weight is 316 g/mol. The summed E-state index contributed by atoms with van der Waals surface area (Å²) < 4.78 is 0. The molecule has 4 heteroatoms. The van der Waals surface area contributed by atoms with Crippen LogP contribution in [0.5, 0.6) is 0 Å². The van der Waals surface area contributed by atoms with Crippen LogP contribution in [0.2, 0.25) is 0 Å². The smallest absolute Gasteiger partial charge is 0.253 e. The number of benzene rings is 1. The number of carbonyl (C=O) groups is 1. The molecule has 23 heavy (non-hydrogen) atoms. The number of nitrogens with one attached hydrogen (secondary N) is 1. The van der Waals surface area contributed by atoms with Gasteiger partial charge in [0.15, 0.2) is 6.10 Å². The Balaban J connectivity index is 1.42. The molecule has 1 heterocycles. The van der Waals surface area contributed by atoms with Crippen LogP contribution in [-0.4, -0.2) is 41.6 Å². The molecule has 1 unspecified atom stereocenters. The molecule has 1 saturated carbocycles. The van der Waals surface area contributed by atoms with Crippen LogP contribution in [0.3, 0.4) is 0 Å². The highest BCUT2D eigenvalue weighted by Crippen LogP contribution is 2.26.